The van der Waals surface area contributed by atoms with Crippen molar-refractivity contribution in [2.75, 3.05) is 26.4 Å². The quantitative estimate of drug-likeness (QED) is 0.226. The molecule has 5 heteroatoms. The standard InChI is InChI=1S/C18H38O4Si/c1-7-10-13-20-23(21-14-11-8-2,22-15-12-9-3)18(6)19-16-17(4)5/h18H,4,7-16H2,1-3,5-6H3. The van der Waals surface area contributed by atoms with Gasteiger partial charge in [-0.25, -0.2) is 0 Å². The van der Waals surface area contributed by atoms with Gasteiger partial charge in [0.05, 0.1) is 6.61 Å². The highest BCUT2D eigenvalue weighted by atomic mass is 28.4. The molecule has 0 aromatic carbocycles. The summed E-state index contributed by atoms with van der Waals surface area (Å²) < 4.78 is 24.5. The zero-order valence-electron chi connectivity index (χ0n) is 16.0. The van der Waals surface area contributed by atoms with Gasteiger partial charge in [0, 0.05) is 19.8 Å². The first-order valence-electron chi connectivity index (χ1n) is 9.20. The van der Waals surface area contributed by atoms with Crippen molar-refractivity contribution in [1.29, 1.82) is 0 Å². The lowest BCUT2D eigenvalue weighted by atomic mass is 10.4. The minimum Gasteiger partial charge on any atom is -0.372 e. The van der Waals surface area contributed by atoms with E-state index in [0.29, 0.717) is 26.4 Å². The molecule has 23 heavy (non-hydrogen) atoms. The van der Waals surface area contributed by atoms with Gasteiger partial charge in [0.2, 0.25) is 0 Å². The summed E-state index contributed by atoms with van der Waals surface area (Å²) in [5.74, 6) is 0. The largest absolute Gasteiger partial charge is 0.531 e. The van der Waals surface area contributed by atoms with E-state index in [-0.39, 0.29) is 5.73 Å². The average Bonchev–Trinajstić information content (AvgIpc) is 2.52. The summed E-state index contributed by atoms with van der Waals surface area (Å²) in [5.41, 5.74) is 0.820. The number of ether oxygens (including phenoxy) is 1. The first kappa shape index (κ1) is 22.8. The van der Waals surface area contributed by atoms with Gasteiger partial charge in [0.1, 0.15) is 5.73 Å². The zero-order chi connectivity index (χ0) is 17.6. The molecule has 4 nitrogen and oxygen atoms in total. The third kappa shape index (κ3) is 10.3. The molecular weight excluding hydrogens is 308 g/mol. The Kier molecular flexibility index (Phi) is 14.0. The zero-order valence-corrected chi connectivity index (χ0v) is 17.0. The predicted octanol–water partition coefficient (Wildman–Crippen LogP) is 4.90. The summed E-state index contributed by atoms with van der Waals surface area (Å²) in [6.45, 7) is 16.9. The normalized spacial score (nSPS) is 13.3. The molecule has 0 aromatic rings. The molecule has 0 aliphatic heterocycles. The van der Waals surface area contributed by atoms with Gasteiger partial charge < -0.3 is 18.0 Å². The van der Waals surface area contributed by atoms with Gasteiger partial charge >= 0.3 is 8.80 Å². The molecule has 0 N–H and O–H groups in total. The van der Waals surface area contributed by atoms with Crippen LogP contribution in [-0.4, -0.2) is 41.0 Å². The van der Waals surface area contributed by atoms with Crippen LogP contribution in [0.25, 0.3) is 0 Å². The molecule has 0 aromatic heterocycles. The van der Waals surface area contributed by atoms with Crippen LogP contribution >= 0.6 is 0 Å². The number of hydrogen-bond donors (Lipinski definition) is 0. The lowest BCUT2D eigenvalue weighted by molar-refractivity contribution is -0.00576. The summed E-state index contributed by atoms with van der Waals surface area (Å²) >= 11 is 0. The van der Waals surface area contributed by atoms with Crippen molar-refractivity contribution in [3.63, 3.8) is 0 Å². The van der Waals surface area contributed by atoms with Gasteiger partial charge in [-0.3, -0.25) is 0 Å². The second kappa shape index (κ2) is 14.2. The van der Waals surface area contributed by atoms with Crippen LogP contribution in [0, 0.1) is 0 Å². The Morgan fingerprint density at radius 3 is 1.57 bits per heavy atom. The SMILES string of the molecule is C=C(C)COC(C)[Si](OCCCC)(OCCCC)OCCCC. The summed E-state index contributed by atoms with van der Waals surface area (Å²) in [6.07, 6.45) is 6.31. The minimum atomic E-state index is -2.84. The number of hydrogen-bond acceptors (Lipinski definition) is 4. The highest BCUT2D eigenvalue weighted by Crippen LogP contribution is 2.20. The summed E-state index contributed by atoms with van der Waals surface area (Å²) in [7, 11) is -2.84. The van der Waals surface area contributed by atoms with E-state index in [1.807, 2.05) is 13.8 Å². The Morgan fingerprint density at radius 1 is 0.870 bits per heavy atom. The molecular formula is C18H38O4Si. The average molecular weight is 347 g/mol. The summed E-state index contributed by atoms with van der Waals surface area (Å²) in [5, 5.41) is 0. The van der Waals surface area contributed by atoms with E-state index in [2.05, 4.69) is 27.4 Å². The maximum absolute atomic E-state index is 6.20. The molecule has 0 aliphatic carbocycles. The van der Waals surface area contributed by atoms with E-state index in [0.717, 1.165) is 44.1 Å². The Morgan fingerprint density at radius 2 is 1.26 bits per heavy atom. The van der Waals surface area contributed by atoms with Crippen molar-refractivity contribution in [3.05, 3.63) is 12.2 Å². The maximum atomic E-state index is 6.20. The lowest BCUT2D eigenvalue weighted by Gasteiger charge is -2.34. The summed E-state index contributed by atoms with van der Waals surface area (Å²) in [6, 6.07) is 0. The number of rotatable bonds is 16. The number of unbranched alkanes of at least 4 members (excludes halogenated alkanes) is 3. The van der Waals surface area contributed by atoms with Gasteiger partial charge in [-0.1, -0.05) is 52.2 Å². The molecule has 0 radical (unpaired) electrons. The van der Waals surface area contributed by atoms with Crippen molar-refractivity contribution in [2.45, 2.75) is 78.9 Å². The minimum absolute atomic E-state index is 0.176. The first-order chi connectivity index (χ1) is 11.0. The monoisotopic (exact) mass is 346 g/mol. The van der Waals surface area contributed by atoms with Crippen LogP contribution in [0.15, 0.2) is 12.2 Å². The van der Waals surface area contributed by atoms with Crippen molar-refractivity contribution in [1.82, 2.24) is 0 Å². The first-order valence-corrected chi connectivity index (χ1v) is 11.0. The molecule has 0 spiro atoms. The lowest BCUT2D eigenvalue weighted by Crippen LogP contribution is -2.57. The van der Waals surface area contributed by atoms with E-state index in [1.165, 1.54) is 0 Å². The molecule has 1 unspecified atom stereocenters. The Bertz CT molecular complexity index is 270. The van der Waals surface area contributed by atoms with E-state index in [9.17, 15) is 0 Å². The fourth-order valence-electron chi connectivity index (χ4n) is 1.92. The van der Waals surface area contributed by atoms with Crippen LogP contribution in [-0.2, 0) is 18.0 Å². The third-order valence-corrected chi connectivity index (χ3v) is 6.46. The molecule has 0 aliphatic rings. The van der Waals surface area contributed by atoms with Crippen LogP contribution < -0.4 is 0 Å². The topological polar surface area (TPSA) is 36.9 Å². The fourth-order valence-corrected chi connectivity index (χ4v) is 4.45. The molecule has 0 saturated heterocycles. The maximum Gasteiger partial charge on any atom is 0.531 e. The van der Waals surface area contributed by atoms with Crippen molar-refractivity contribution >= 4 is 8.80 Å². The van der Waals surface area contributed by atoms with E-state index in [4.69, 9.17) is 18.0 Å². The van der Waals surface area contributed by atoms with Crippen LogP contribution in [0.2, 0.25) is 0 Å². The molecule has 0 fully saturated rings. The molecule has 0 saturated carbocycles. The molecule has 1 atom stereocenters. The highest BCUT2D eigenvalue weighted by Gasteiger charge is 2.48. The molecule has 138 valence electrons. The second-order valence-electron chi connectivity index (χ2n) is 6.12. The fraction of sp³-hybridized carbons (Fsp3) is 0.889. The predicted molar refractivity (Wildman–Crippen MR) is 98.6 cm³/mol. The smallest absolute Gasteiger partial charge is 0.372 e. The van der Waals surface area contributed by atoms with Crippen LogP contribution in [0.4, 0.5) is 0 Å². The van der Waals surface area contributed by atoms with Crippen molar-refractivity contribution in [2.24, 2.45) is 0 Å². The van der Waals surface area contributed by atoms with Crippen LogP contribution in [0.1, 0.15) is 73.1 Å². The van der Waals surface area contributed by atoms with E-state index < -0.39 is 8.80 Å². The van der Waals surface area contributed by atoms with E-state index >= 15 is 0 Å². The Labute approximate surface area is 144 Å². The highest BCUT2D eigenvalue weighted by molar-refractivity contribution is 6.62. The molecule has 0 rings (SSSR count). The van der Waals surface area contributed by atoms with Gasteiger partial charge in [-0.15, -0.1) is 0 Å². The Hall–Kier alpha value is -0.203. The van der Waals surface area contributed by atoms with E-state index in [1.54, 1.807) is 0 Å². The Balaban J connectivity index is 4.94. The van der Waals surface area contributed by atoms with Crippen LogP contribution in [0.3, 0.4) is 0 Å². The molecule has 0 amide bonds. The molecule has 0 bridgehead atoms. The van der Waals surface area contributed by atoms with Crippen molar-refractivity contribution in [3.8, 4) is 0 Å². The van der Waals surface area contributed by atoms with Crippen molar-refractivity contribution < 1.29 is 18.0 Å². The molecule has 0 heterocycles. The second-order valence-corrected chi connectivity index (χ2v) is 9.01. The summed E-state index contributed by atoms with van der Waals surface area (Å²) in [4.78, 5) is 0. The van der Waals surface area contributed by atoms with Gasteiger partial charge in [0.15, 0.2) is 0 Å². The van der Waals surface area contributed by atoms with Crippen LogP contribution in [0.5, 0.6) is 0 Å². The van der Waals surface area contributed by atoms with Gasteiger partial charge in [-0.05, 0) is 33.1 Å². The van der Waals surface area contributed by atoms with Gasteiger partial charge in [-0.2, -0.15) is 0 Å². The van der Waals surface area contributed by atoms with Gasteiger partial charge in [0.25, 0.3) is 0 Å². The third-order valence-electron chi connectivity index (χ3n) is 3.48.